The van der Waals surface area contributed by atoms with E-state index >= 15 is 0 Å². The lowest BCUT2D eigenvalue weighted by Crippen LogP contribution is -2.43. The predicted molar refractivity (Wildman–Crippen MR) is 86.9 cm³/mol. The minimum absolute atomic E-state index is 0.0569. The van der Waals surface area contributed by atoms with Crippen molar-refractivity contribution < 1.29 is 9.59 Å². The minimum Gasteiger partial charge on any atom is -0.271 e. The first-order valence-electron chi connectivity index (χ1n) is 7.40. The van der Waals surface area contributed by atoms with Gasteiger partial charge in [0.05, 0.1) is 11.1 Å². The molecule has 1 aliphatic heterocycles. The molecule has 0 radical (unpaired) electrons. The fraction of sp³-hybridized carbons (Fsp3) is 0.222. The van der Waals surface area contributed by atoms with Gasteiger partial charge < -0.3 is 0 Å². The number of halogens is 1. The van der Waals surface area contributed by atoms with Gasteiger partial charge >= 0.3 is 0 Å². The Bertz CT molecular complexity index is 764. The molecule has 0 bridgehead atoms. The molecule has 4 heteroatoms. The highest BCUT2D eigenvalue weighted by Crippen LogP contribution is 2.33. The van der Waals surface area contributed by atoms with Gasteiger partial charge in [-0.1, -0.05) is 40.2 Å². The molecule has 0 fully saturated rings. The molecule has 1 heterocycles. The second-order valence-electron chi connectivity index (χ2n) is 5.80. The number of carbonyl (C=O) groups is 2. The van der Waals surface area contributed by atoms with E-state index in [4.69, 9.17) is 0 Å². The van der Waals surface area contributed by atoms with Gasteiger partial charge in [0.15, 0.2) is 0 Å². The number of hydrogen-bond donors (Lipinski definition) is 0. The lowest BCUT2D eigenvalue weighted by molar-refractivity contribution is 0.0571. The topological polar surface area (TPSA) is 37.4 Å². The molecule has 0 N–H and O–H groups in total. The third-order valence-corrected chi connectivity index (χ3v) is 5.34. The minimum atomic E-state index is -0.152. The van der Waals surface area contributed by atoms with Crippen LogP contribution in [0.1, 0.15) is 38.3 Å². The second kappa shape index (κ2) is 5.06. The van der Waals surface area contributed by atoms with Gasteiger partial charge in [0.25, 0.3) is 11.8 Å². The van der Waals surface area contributed by atoms with Gasteiger partial charge in [0, 0.05) is 10.5 Å². The van der Waals surface area contributed by atoms with Gasteiger partial charge in [-0.2, -0.15) is 0 Å². The lowest BCUT2D eigenvalue weighted by atomic mass is 9.87. The molecule has 2 aromatic carbocycles. The maximum absolute atomic E-state index is 12.6. The smallest absolute Gasteiger partial charge is 0.261 e. The maximum Gasteiger partial charge on any atom is 0.261 e. The molecule has 2 amide bonds. The molecule has 0 spiro atoms. The van der Waals surface area contributed by atoms with E-state index in [1.807, 2.05) is 12.1 Å². The van der Waals surface area contributed by atoms with Crippen molar-refractivity contribution in [2.24, 2.45) is 0 Å². The molecule has 110 valence electrons. The van der Waals surface area contributed by atoms with Crippen LogP contribution in [-0.2, 0) is 12.8 Å². The molecule has 1 atom stereocenters. The molecular formula is C18H14BrNO2. The summed E-state index contributed by atoms with van der Waals surface area (Å²) in [7, 11) is 0. The Kier molecular flexibility index (Phi) is 3.15. The van der Waals surface area contributed by atoms with E-state index < -0.39 is 0 Å². The van der Waals surface area contributed by atoms with Crippen LogP contribution in [-0.4, -0.2) is 22.8 Å². The van der Waals surface area contributed by atoms with Gasteiger partial charge in [-0.3, -0.25) is 14.5 Å². The number of rotatable bonds is 1. The van der Waals surface area contributed by atoms with Crippen molar-refractivity contribution in [2.75, 3.05) is 0 Å². The van der Waals surface area contributed by atoms with Crippen LogP contribution in [0.5, 0.6) is 0 Å². The van der Waals surface area contributed by atoms with Gasteiger partial charge in [-0.25, -0.2) is 0 Å². The highest BCUT2D eigenvalue weighted by atomic mass is 79.9. The van der Waals surface area contributed by atoms with Crippen LogP contribution >= 0.6 is 15.9 Å². The van der Waals surface area contributed by atoms with E-state index in [-0.39, 0.29) is 17.9 Å². The van der Waals surface area contributed by atoms with E-state index in [2.05, 4.69) is 22.0 Å². The molecule has 2 aromatic rings. The summed E-state index contributed by atoms with van der Waals surface area (Å²) in [6.07, 6.45) is 2.45. The highest BCUT2D eigenvalue weighted by Gasteiger charge is 2.40. The molecule has 0 saturated heterocycles. The Morgan fingerprint density at radius 2 is 1.64 bits per heavy atom. The number of carbonyl (C=O) groups excluding carboxylic acids is 2. The molecule has 0 saturated carbocycles. The summed E-state index contributed by atoms with van der Waals surface area (Å²) in [5.41, 5.74) is 3.59. The van der Waals surface area contributed by atoms with Crippen molar-refractivity contribution in [3.63, 3.8) is 0 Å². The number of hydrogen-bond acceptors (Lipinski definition) is 2. The highest BCUT2D eigenvalue weighted by molar-refractivity contribution is 9.10. The van der Waals surface area contributed by atoms with Gasteiger partial charge in [-0.15, -0.1) is 0 Å². The number of aryl methyl sites for hydroxylation is 1. The number of nitrogens with zero attached hydrogens (tertiary/aromatic N) is 1. The Hall–Kier alpha value is -1.94. The zero-order chi connectivity index (χ0) is 15.3. The normalized spacial score (nSPS) is 20.0. The molecule has 3 nitrogen and oxygen atoms in total. The Balaban J connectivity index is 1.69. The number of imide groups is 1. The second-order valence-corrected chi connectivity index (χ2v) is 6.65. The average molecular weight is 356 g/mol. The summed E-state index contributed by atoms with van der Waals surface area (Å²) in [4.78, 5) is 26.7. The summed E-state index contributed by atoms with van der Waals surface area (Å²) < 4.78 is 1.06. The van der Waals surface area contributed by atoms with Crippen LogP contribution in [0.4, 0.5) is 0 Å². The first-order valence-corrected chi connectivity index (χ1v) is 8.19. The van der Waals surface area contributed by atoms with Crippen LogP contribution in [0.3, 0.4) is 0 Å². The van der Waals surface area contributed by atoms with Crippen molar-refractivity contribution in [2.45, 2.75) is 25.3 Å². The van der Waals surface area contributed by atoms with E-state index in [1.165, 1.54) is 16.0 Å². The van der Waals surface area contributed by atoms with Gasteiger partial charge in [0.1, 0.15) is 0 Å². The fourth-order valence-corrected chi connectivity index (χ4v) is 4.05. The number of amides is 2. The molecule has 4 rings (SSSR count). The average Bonchev–Trinajstić information content (AvgIpc) is 2.80. The molecule has 0 aromatic heterocycles. The van der Waals surface area contributed by atoms with Crippen molar-refractivity contribution in [1.82, 2.24) is 4.90 Å². The van der Waals surface area contributed by atoms with Crippen LogP contribution in [0.2, 0.25) is 0 Å². The Morgan fingerprint density at radius 1 is 0.955 bits per heavy atom. The van der Waals surface area contributed by atoms with Crippen LogP contribution in [0.15, 0.2) is 46.9 Å². The van der Waals surface area contributed by atoms with Crippen molar-refractivity contribution in [3.05, 3.63) is 69.2 Å². The van der Waals surface area contributed by atoms with E-state index in [0.29, 0.717) is 11.1 Å². The molecule has 1 unspecified atom stereocenters. The molecular weight excluding hydrogens is 342 g/mol. The molecule has 22 heavy (non-hydrogen) atoms. The summed E-state index contributed by atoms with van der Waals surface area (Å²) in [5, 5.41) is 0. The Morgan fingerprint density at radius 3 is 2.32 bits per heavy atom. The van der Waals surface area contributed by atoms with Crippen LogP contribution < -0.4 is 0 Å². The summed E-state index contributed by atoms with van der Waals surface area (Å²) in [6, 6.07) is 13.2. The monoisotopic (exact) mass is 355 g/mol. The van der Waals surface area contributed by atoms with Crippen LogP contribution in [0, 0.1) is 0 Å². The maximum atomic E-state index is 12.6. The Labute approximate surface area is 137 Å². The van der Waals surface area contributed by atoms with Gasteiger partial charge in [-0.05, 0) is 48.6 Å². The third kappa shape index (κ3) is 1.94. The SMILES string of the molecule is O=C1c2ccccc2C(=O)N1C1CCc2cccc(Br)c2C1. The summed E-state index contributed by atoms with van der Waals surface area (Å²) in [6.45, 7) is 0. The summed E-state index contributed by atoms with van der Waals surface area (Å²) >= 11 is 3.59. The largest absolute Gasteiger partial charge is 0.271 e. The molecule has 1 aliphatic carbocycles. The van der Waals surface area contributed by atoms with Crippen molar-refractivity contribution >= 4 is 27.7 Å². The van der Waals surface area contributed by atoms with E-state index in [9.17, 15) is 9.59 Å². The third-order valence-electron chi connectivity index (χ3n) is 4.59. The van der Waals surface area contributed by atoms with E-state index in [1.54, 1.807) is 24.3 Å². The first kappa shape index (κ1) is 13.7. The van der Waals surface area contributed by atoms with Crippen molar-refractivity contribution in [1.29, 1.82) is 0 Å². The lowest BCUT2D eigenvalue weighted by Gasteiger charge is -2.31. The first-order chi connectivity index (χ1) is 10.7. The number of fused-ring (bicyclic) bond motifs is 2. The standard InChI is InChI=1S/C18H14BrNO2/c19-16-7-3-4-11-8-9-12(10-15(11)16)20-17(21)13-5-1-2-6-14(13)18(20)22/h1-7,12H,8-10H2. The van der Waals surface area contributed by atoms with Crippen LogP contribution in [0.25, 0.3) is 0 Å². The van der Waals surface area contributed by atoms with E-state index in [0.717, 1.165) is 23.7 Å². The van der Waals surface area contributed by atoms with Crippen molar-refractivity contribution in [3.8, 4) is 0 Å². The predicted octanol–water partition coefficient (Wildman–Crippen LogP) is 3.60. The zero-order valence-corrected chi connectivity index (χ0v) is 13.5. The number of benzene rings is 2. The molecule has 2 aliphatic rings. The fourth-order valence-electron chi connectivity index (χ4n) is 3.49. The quantitative estimate of drug-likeness (QED) is 0.733. The summed E-state index contributed by atoms with van der Waals surface area (Å²) in [5.74, 6) is -0.304. The van der Waals surface area contributed by atoms with Gasteiger partial charge in [0.2, 0.25) is 0 Å². The zero-order valence-electron chi connectivity index (χ0n) is 11.9.